The first-order valence-electron chi connectivity index (χ1n) is 6.90. The van der Waals surface area contributed by atoms with Crippen molar-refractivity contribution in [1.82, 2.24) is 0 Å². The zero-order valence-corrected chi connectivity index (χ0v) is 13.7. The average molecular weight is 274 g/mol. The largest absolute Gasteiger partial charge is 0.299 e. The highest BCUT2D eigenvalue weighted by Crippen LogP contribution is 2.41. The Labute approximate surface area is 114 Å². The second-order valence-electron chi connectivity index (χ2n) is 6.27. The highest BCUT2D eigenvalue weighted by molar-refractivity contribution is 8.32. The van der Waals surface area contributed by atoms with Crippen LogP contribution in [-0.4, -0.2) is 35.6 Å². The predicted molar refractivity (Wildman–Crippen MR) is 82.7 cm³/mol. The van der Waals surface area contributed by atoms with Crippen LogP contribution >= 0.6 is 10.0 Å². The van der Waals surface area contributed by atoms with Crippen LogP contribution in [0.2, 0.25) is 0 Å². The molecule has 0 unspecified atom stereocenters. The molecule has 0 aliphatic carbocycles. The van der Waals surface area contributed by atoms with Gasteiger partial charge in [-0.2, -0.15) is 0 Å². The fourth-order valence-corrected chi connectivity index (χ4v) is 3.58. The zero-order chi connectivity index (χ0) is 14.3. The molecule has 0 spiro atoms. The molecule has 0 rings (SSSR count). The summed E-state index contributed by atoms with van der Waals surface area (Å²) < 4.78 is 0. The highest BCUT2D eigenvalue weighted by atomic mass is 32.3. The maximum absolute atomic E-state index is 11.6. The molecule has 0 aromatic heterocycles. The number of hydrogen-bond acceptors (Lipinski definition) is 2. The van der Waals surface area contributed by atoms with Crippen molar-refractivity contribution in [3.8, 4) is 0 Å². The third-order valence-corrected chi connectivity index (χ3v) is 6.01. The zero-order valence-electron chi connectivity index (χ0n) is 12.9. The molecule has 0 amide bonds. The van der Waals surface area contributed by atoms with E-state index in [-0.39, 0.29) is 11.8 Å². The van der Waals surface area contributed by atoms with Gasteiger partial charge in [0.25, 0.3) is 0 Å². The molecule has 0 aliphatic rings. The molecule has 18 heavy (non-hydrogen) atoms. The van der Waals surface area contributed by atoms with Crippen LogP contribution in [0.25, 0.3) is 0 Å². The van der Waals surface area contributed by atoms with Crippen molar-refractivity contribution in [2.75, 3.05) is 24.0 Å². The standard InChI is InChI=1S/C15H30O2S/c1-12(2)14(16)8-7-10-18(5,6)11-9-15(17)13(3)4/h12-13H,7-11H2,1-6H3. The van der Waals surface area contributed by atoms with Gasteiger partial charge in [-0.05, 0) is 30.4 Å². The van der Waals surface area contributed by atoms with Crippen molar-refractivity contribution in [2.45, 2.75) is 47.0 Å². The Balaban J connectivity index is 3.94. The van der Waals surface area contributed by atoms with Crippen molar-refractivity contribution < 1.29 is 9.59 Å². The highest BCUT2D eigenvalue weighted by Gasteiger charge is 2.16. The minimum absolute atomic E-state index is 0.155. The van der Waals surface area contributed by atoms with Crippen LogP contribution in [0.15, 0.2) is 0 Å². The molecule has 108 valence electrons. The van der Waals surface area contributed by atoms with Gasteiger partial charge in [0.15, 0.2) is 0 Å². The van der Waals surface area contributed by atoms with Crippen molar-refractivity contribution >= 4 is 21.6 Å². The summed E-state index contributed by atoms with van der Waals surface area (Å²) in [6, 6.07) is 0. The minimum atomic E-state index is -0.705. The molecule has 0 radical (unpaired) electrons. The second kappa shape index (κ2) is 7.98. The van der Waals surface area contributed by atoms with Crippen LogP contribution in [0, 0.1) is 11.8 Å². The van der Waals surface area contributed by atoms with E-state index in [4.69, 9.17) is 0 Å². The van der Waals surface area contributed by atoms with Gasteiger partial charge in [-0.15, -0.1) is 0 Å². The fourth-order valence-electron chi connectivity index (χ4n) is 1.69. The molecule has 2 nitrogen and oxygen atoms in total. The Morgan fingerprint density at radius 2 is 1.28 bits per heavy atom. The van der Waals surface area contributed by atoms with E-state index < -0.39 is 10.0 Å². The molecule has 0 N–H and O–H groups in total. The molecular weight excluding hydrogens is 244 g/mol. The van der Waals surface area contributed by atoms with Crippen LogP contribution in [0.1, 0.15) is 47.0 Å². The summed E-state index contributed by atoms with van der Waals surface area (Å²) in [4.78, 5) is 23.2. The van der Waals surface area contributed by atoms with Gasteiger partial charge in [-0.1, -0.05) is 27.7 Å². The van der Waals surface area contributed by atoms with Crippen molar-refractivity contribution in [2.24, 2.45) is 11.8 Å². The summed E-state index contributed by atoms with van der Waals surface area (Å²) in [5, 5.41) is 0. The van der Waals surface area contributed by atoms with Crippen molar-refractivity contribution in [3.05, 3.63) is 0 Å². The number of rotatable bonds is 9. The maximum Gasteiger partial charge on any atom is 0.136 e. The van der Waals surface area contributed by atoms with E-state index in [1.165, 1.54) is 0 Å². The number of Topliss-reactive ketones (excluding diaryl/α,β-unsaturated/α-hetero) is 2. The first-order chi connectivity index (χ1) is 8.15. The van der Waals surface area contributed by atoms with Crippen LogP contribution in [0.3, 0.4) is 0 Å². The Bertz CT molecular complexity index is 280. The third-order valence-electron chi connectivity index (χ3n) is 3.31. The molecule has 0 aromatic carbocycles. The van der Waals surface area contributed by atoms with E-state index in [9.17, 15) is 9.59 Å². The van der Waals surface area contributed by atoms with E-state index in [2.05, 4.69) is 12.5 Å². The van der Waals surface area contributed by atoms with Gasteiger partial charge in [0.2, 0.25) is 0 Å². The molecule has 0 saturated carbocycles. The van der Waals surface area contributed by atoms with Gasteiger partial charge in [0.05, 0.1) is 0 Å². The second-order valence-corrected chi connectivity index (χ2v) is 10.6. The molecule has 0 fully saturated rings. The fraction of sp³-hybridized carbons (Fsp3) is 0.867. The predicted octanol–water partition coefficient (Wildman–Crippen LogP) is 3.67. The van der Waals surface area contributed by atoms with Crippen LogP contribution in [0.4, 0.5) is 0 Å². The third kappa shape index (κ3) is 7.91. The summed E-state index contributed by atoms with van der Waals surface area (Å²) in [6.07, 6.45) is 6.94. The van der Waals surface area contributed by atoms with Gasteiger partial charge in [0, 0.05) is 24.7 Å². The Kier molecular flexibility index (Phi) is 7.84. The number of ketones is 2. The average Bonchev–Trinajstić information content (AvgIpc) is 2.25. The lowest BCUT2D eigenvalue weighted by atomic mass is 10.1. The molecule has 0 saturated heterocycles. The molecule has 0 heterocycles. The van der Waals surface area contributed by atoms with Crippen LogP contribution < -0.4 is 0 Å². The lowest BCUT2D eigenvalue weighted by molar-refractivity contribution is -0.122. The summed E-state index contributed by atoms with van der Waals surface area (Å²) in [7, 11) is -0.705. The summed E-state index contributed by atoms with van der Waals surface area (Å²) in [5.41, 5.74) is 0. The van der Waals surface area contributed by atoms with Gasteiger partial charge in [-0.3, -0.25) is 9.59 Å². The first kappa shape index (κ1) is 17.7. The topological polar surface area (TPSA) is 34.1 Å². The summed E-state index contributed by atoms with van der Waals surface area (Å²) in [5.74, 6) is 3.17. The van der Waals surface area contributed by atoms with Gasteiger partial charge >= 0.3 is 0 Å². The van der Waals surface area contributed by atoms with E-state index in [0.717, 1.165) is 17.9 Å². The minimum Gasteiger partial charge on any atom is -0.299 e. The van der Waals surface area contributed by atoms with Crippen molar-refractivity contribution in [3.63, 3.8) is 0 Å². The van der Waals surface area contributed by atoms with E-state index in [1.54, 1.807) is 0 Å². The maximum atomic E-state index is 11.6. The molecule has 0 bridgehead atoms. The molecule has 0 atom stereocenters. The van der Waals surface area contributed by atoms with Gasteiger partial charge < -0.3 is 0 Å². The molecule has 0 aromatic rings. The number of hydrogen-bond donors (Lipinski definition) is 0. The molecule has 0 aliphatic heterocycles. The lowest BCUT2D eigenvalue weighted by Gasteiger charge is -2.31. The summed E-state index contributed by atoms with van der Waals surface area (Å²) >= 11 is 0. The first-order valence-corrected chi connectivity index (χ1v) is 9.68. The van der Waals surface area contributed by atoms with Crippen molar-refractivity contribution in [1.29, 1.82) is 0 Å². The summed E-state index contributed by atoms with van der Waals surface area (Å²) in [6.45, 7) is 7.85. The van der Waals surface area contributed by atoms with Crippen LogP contribution in [0.5, 0.6) is 0 Å². The SMILES string of the molecule is CC(C)C(=O)CCCS(C)(C)CCC(=O)C(C)C. The van der Waals surface area contributed by atoms with Gasteiger partial charge in [0.1, 0.15) is 11.6 Å². The Morgan fingerprint density at radius 3 is 1.72 bits per heavy atom. The Hall–Kier alpha value is -0.310. The van der Waals surface area contributed by atoms with E-state index in [1.807, 2.05) is 27.7 Å². The lowest BCUT2D eigenvalue weighted by Crippen LogP contribution is -2.15. The Morgan fingerprint density at radius 1 is 0.833 bits per heavy atom. The van der Waals surface area contributed by atoms with Crippen LogP contribution in [-0.2, 0) is 9.59 Å². The molecular formula is C15H30O2S. The molecule has 3 heteroatoms. The van der Waals surface area contributed by atoms with E-state index >= 15 is 0 Å². The van der Waals surface area contributed by atoms with E-state index in [0.29, 0.717) is 24.4 Å². The van der Waals surface area contributed by atoms with Gasteiger partial charge in [-0.25, -0.2) is 10.0 Å². The number of carbonyl (C=O) groups excluding carboxylic acids is 2. The number of carbonyl (C=O) groups is 2. The normalized spacial score (nSPS) is 13.1. The monoisotopic (exact) mass is 274 g/mol. The quantitative estimate of drug-likeness (QED) is 0.643. The smallest absolute Gasteiger partial charge is 0.136 e.